The predicted octanol–water partition coefficient (Wildman–Crippen LogP) is 1.64. The number of hydrogen-bond acceptors (Lipinski definition) is 8. The van der Waals surface area contributed by atoms with Crippen LogP contribution >= 0.6 is 11.7 Å². The number of fused-ring (bicyclic) bond motifs is 1. The number of ether oxygens (including phenoxy) is 2. The number of allylic oxidation sites excluding steroid dienone is 1. The van der Waals surface area contributed by atoms with Gasteiger partial charge in [0.25, 0.3) is 0 Å². The number of hydrogen-bond donors (Lipinski definition) is 0. The Morgan fingerprint density at radius 2 is 1.47 bits per heavy atom. The smallest absolute Gasteiger partial charge is 0.545 e. The zero-order valence-electron chi connectivity index (χ0n) is 22.3. The number of carbonyl (C=O) groups is 2. The summed E-state index contributed by atoms with van der Waals surface area (Å²) in [7, 11) is 2.98. The van der Waals surface area contributed by atoms with E-state index in [1.54, 1.807) is 36.4 Å². The number of nitrogens with zero attached hydrogens (tertiary/aromatic N) is 2. The van der Waals surface area contributed by atoms with Crippen LogP contribution in [0, 0.1) is 0 Å². The number of methoxy groups -OCH3 is 2. The minimum absolute atomic E-state index is 0. The summed E-state index contributed by atoms with van der Waals surface area (Å²) in [4.78, 5) is 26.5. The van der Waals surface area contributed by atoms with Gasteiger partial charge in [0.1, 0.15) is 11.0 Å². The van der Waals surface area contributed by atoms with Crippen LogP contribution in [0.15, 0.2) is 66.2 Å². The molecule has 4 rings (SSSR count). The molecule has 0 aliphatic carbocycles. The third kappa shape index (κ3) is 6.32. The van der Waals surface area contributed by atoms with Gasteiger partial charge in [0.2, 0.25) is 0 Å². The van der Waals surface area contributed by atoms with Gasteiger partial charge in [0.05, 0.1) is 31.9 Å². The third-order valence-corrected chi connectivity index (χ3v) is 6.73. The zero-order chi connectivity index (χ0) is 26.7. The van der Waals surface area contributed by atoms with Crippen LogP contribution in [0.25, 0.3) is 16.6 Å². The van der Waals surface area contributed by atoms with Crippen molar-refractivity contribution in [2.45, 2.75) is 32.6 Å². The number of ketones is 1. The van der Waals surface area contributed by atoms with E-state index >= 15 is 0 Å². The largest absolute Gasteiger partial charge is 1.00 e. The molecule has 0 saturated carbocycles. The first-order chi connectivity index (χ1) is 17.6. The number of carboxylic acid groups (broad SMARTS) is 1. The van der Waals surface area contributed by atoms with E-state index in [1.807, 2.05) is 24.3 Å². The average Bonchev–Trinajstić information content (AvgIpc) is 3.35. The number of benzene rings is 3. The van der Waals surface area contributed by atoms with Gasteiger partial charge < -0.3 is 19.4 Å². The summed E-state index contributed by atoms with van der Waals surface area (Å²) in [6, 6.07) is 17.5. The Bertz CT molecular complexity index is 1500. The molecule has 0 N–H and O–H groups in total. The second-order valence-electron chi connectivity index (χ2n) is 9.63. The quantitative estimate of drug-likeness (QED) is 0.191. The monoisotopic (exact) mass is 538 g/mol. The molecule has 3 aromatic carbocycles. The van der Waals surface area contributed by atoms with Crippen molar-refractivity contribution in [3.05, 3.63) is 88.5 Å². The van der Waals surface area contributed by atoms with Gasteiger partial charge in [0.15, 0.2) is 17.3 Å². The standard InChI is InChI=1S/C29H28N2O5S.Na/c1-29(2,3)20-10-6-17(7-11-20)14-21(27(32)19-9-13-24(35-4)25(16-19)36-5)26(28(33)34)18-8-12-22-23(15-18)31-37-30-22;/h6-13,15-16H,14H2,1-5H3,(H,33,34);/q;+1/p-1. The summed E-state index contributed by atoms with van der Waals surface area (Å²) in [5.74, 6) is -1.06. The van der Waals surface area contributed by atoms with Gasteiger partial charge in [-0.1, -0.05) is 51.1 Å². The maximum Gasteiger partial charge on any atom is 1.00 e. The number of carboxylic acids is 1. The fourth-order valence-electron chi connectivity index (χ4n) is 4.11. The van der Waals surface area contributed by atoms with Gasteiger partial charge in [-0.05, 0) is 52.4 Å². The van der Waals surface area contributed by atoms with Crippen molar-refractivity contribution in [2.24, 2.45) is 0 Å². The Balaban J connectivity index is 0.00000400. The molecular formula is C29H27N2NaO5S. The maximum atomic E-state index is 13.9. The van der Waals surface area contributed by atoms with Crippen molar-refractivity contribution >= 4 is 40.1 Å². The Morgan fingerprint density at radius 1 is 0.842 bits per heavy atom. The molecule has 0 bridgehead atoms. The van der Waals surface area contributed by atoms with Crippen LogP contribution in [0.3, 0.4) is 0 Å². The molecular weight excluding hydrogens is 511 g/mol. The SMILES string of the molecule is COc1ccc(C(=O)C(Cc2ccc(C(C)(C)C)cc2)=C(C(=O)[O-])c2ccc3nsnc3c2)cc1OC.[Na+]. The van der Waals surface area contributed by atoms with Crippen molar-refractivity contribution < 1.29 is 53.7 Å². The minimum Gasteiger partial charge on any atom is -0.545 e. The first kappa shape index (κ1) is 29.5. The van der Waals surface area contributed by atoms with Gasteiger partial charge >= 0.3 is 29.6 Å². The van der Waals surface area contributed by atoms with Crippen LogP contribution in [-0.2, 0) is 16.6 Å². The molecule has 1 aromatic heterocycles. The molecule has 0 aliphatic heterocycles. The van der Waals surface area contributed by atoms with E-state index in [0.29, 0.717) is 28.1 Å². The van der Waals surface area contributed by atoms with E-state index in [-0.39, 0.29) is 58.1 Å². The topological polar surface area (TPSA) is 101 Å². The van der Waals surface area contributed by atoms with Gasteiger partial charge in [0, 0.05) is 23.1 Å². The van der Waals surface area contributed by atoms with Crippen LogP contribution in [0.4, 0.5) is 0 Å². The van der Waals surface area contributed by atoms with E-state index in [0.717, 1.165) is 22.9 Å². The van der Waals surface area contributed by atoms with E-state index in [9.17, 15) is 14.7 Å². The minimum atomic E-state index is -1.45. The molecule has 0 atom stereocenters. The van der Waals surface area contributed by atoms with Gasteiger partial charge in [-0.3, -0.25) is 4.79 Å². The molecule has 0 radical (unpaired) electrons. The van der Waals surface area contributed by atoms with Crippen molar-refractivity contribution in [3.8, 4) is 11.5 Å². The summed E-state index contributed by atoms with van der Waals surface area (Å²) in [5, 5.41) is 12.6. The van der Waals surface area contributed by atoms with Gasteiger partial charge in [-0.2, -0.15) is 8.75 Å². The fourth-order valence-corrected chi connectivity index (χ4v) is 4.63. The summed E-state index contributed by atoms with van der Waals surface area (Å²) < 4.78 is 19.1. The summed E-state index contributed by atoms with van der Waals surface area (Å²) in [6.45, 7) is 6.35. The predicted molar refractivity (Wildman–Crippen MR) is 142 cm³/mol. The van der Waals surface area contributed by atoms with Crippen molar-refractivity contribution in [1.29, 1.82) is 0 Å². The molecule has 4 aromatic rings. The Labute approximate surface area is 248 Å². The van der Waals surface area contributed by atoms with E-state index < -0.39 is 11.8 Å². The number of carbonyl (C=O) groups excluding carboxylic acids is 2. The molecule has 0 aliphatic rings. The zero-order valence-corrected chi connectivity index (χ0v) is 25.1. The second kappa shape index (κ2) is 12.2. The number of Topliss-reactive ketones (excluding diaryl/α,β-unsaturated/α-hetero) is 1. The van der Waals surface area contributed by atoms with E-state index in [4.69, 9.17) is 9.47 Å². The van der Waals surface area contributed by atoms with Crippen molar-refractivity contribution in [3.63, 3.8) is 0 Å². The van der Waals surface area contributed by atoms with Crippen LogP contribution in [0.2, 0.25) is 0 Å². The molecule has 0 amide bonds. The average molecular weight is 539 g/mol. The van der Waals surface area contributed by atoms with Crippen molar-refractivity contribution in [2.75, 3.05) is 14.2 Å². The Hall–Kier alpha value is -3.04. The molecule has 7 nitrogen and oxygen atoms in total. The Kier molecular flexibility index (Phi) is 9.49. The first-order valence-corrected chi connectivity index (χ1v) is 12.4. The van der Waals surface area contributed by atoms with Gasteiger partial charge in [-0.25, -0.2) is 0 Å². The second-order valence-corrected chi connectivity index (χ2v) is 10.2. The first-order valence-electron chi connectivity index (χ1n) is 11.7. The van der Waals surface area contributed by atoms with Crippen LogP contribution < -0.4 is 44.1 Å². The van der Waals surface area contributed by atoms with E-state index in [2.05, 4.69) is 29.5 Å². The fraction of sp³-hybridized carbons (Fsp3) is 0.241. The van der Waals surface area contributed by atoms with Gasteiger partial charge in [-0.15, -0.1) is 0 Å². The maximum absolute atomic E-state index is 13.9. The molecule has 9 heteroatoms. The summed E-state index contributed by atoms with van der Waals surface area (Å²) in [6.07, 6.45) is 0.0915. The normalized spacial score (nSPS) is 11.9. The third-order valence-electron chi connectivity index (χ3n) is 6.17. The number of aliphatic carboxylic acids is 1. The van der Waals surface area contributed by atoms with Crippen molar-refractivity contribution in [1.82, 2.24) is 8.75 Å². The summed E-state index contributed by atoms with van der Waals surface area (Å²) in [5.41, 5.74) is 3.60. The molecule has 190 valence electrons. The molecule has 0 spiro atoms. The molecule has 0 saturated heterocycles. The van der Waals surface area contributed by atoms with Crippen LogP contribution in [-0.4, -0.2) is 34.7 Å². The number of aromatic nitrogens is 2. The Morgan fingerprint density at radius 3 is 2.08 bits per heavy atom. The number of rotatable bonds is 8. The van der Waals surface area contributed by atoms with Crippen LogP contribution in [0.1, 0.15) is 47.8 Å². The van der Waals surface area contributed by atoms with E-state index in [1.165, 1.54) is 14.2 Å². The molecule has 1 heterocycles. The molecule has 0 fully saturated rings. The van der Waals surface area contributed by atoms with Crippen LogP contribution in [0.5, 0.6) is 11.5 Å². The summed E-state index contributed by atoms with van der Waals surface area (Å²) >= 11 is 1.03. The molecule has 38 heavy (non-hydrogen) atoms. The molecule has 0 unspecified atom stereocenters.